The van der Waals surface area contributed by atoms with Crippen molar-refractivity contribution in [2.75, 3.05) is 13.7 Å². The number of hydrogen-bond donors (Lipinski definition) is 2. The van der Waals surface area contributed by atoms with Crippen LogP contribution in [0.15, 0.2) is 24.3 Å². The minimum atomic E-state index is -1.19. The van der Waals surface area contributed by atoms with Crippen LogP contribution >= 0.6 is 0 Å². The van der Waals surface area contributed by atoms with Gasteiger partial charge in [-0.05, 0) is 37.5 Å². The molecule has 1 aromatic carbocycles. The number of hydrogen-bond acceptors (Lipinski definition) is 4. The van der Waals surface area contributed by atoms with E-state index in [-0.39, 0.29) is 18.5 Å². The van der Waals surface area contributed by atoms with Crippen LogP contribution in [0, 0.1) is 0 Å². The molecule has 7 heteroatoms. The summed E-state index contributed by atoms with van der Waals surface area (Å²) in [6.45, 7) is 1.39. The van der Waals surface area contributed by atoms with Crippen molar-refractivity contribution < 1.29 is 19.1 Å². The molecule has 0 spiro atoms. The molecular formula is C19H25N3O4. The molecule has 1 aliphatic heterocycles. The lowest BCUT2D eigenvalue weighted by Gasteiger charge is -2.24. The average Bonchev–Trinajstić information content (AvgIpc) is 2.86. The summed E-state index contributed by atoms with van der Waals surface area (Å²) in [4.78, 5) is 38.4. The molecule has 2 fully saturated rings. The van der Waals surface area contributed by atoms with Gasteiger partial charge in [0.15, 0.2) is 0 Å². The van der Waals surface area contributed by atoms with Gasteiger partial charge >= 0.3 is 6.03 Å². The molecule has 1 aromatic rings. The minimum absolute atomic E-state index is 0.144. The summed E-state index contributed by atoms with van der Waals surface area (Å²) >= 11 is 0. The minimum Gasteiger partial charge on any atom is -0.497 e. The van der Waals surface area contributed by atoms with E-state index in [1.54, 1.807) is 38.3 Å². The number of amides is 4. The number of ether oxygens (including phenoxy) is 1. The Morgan fingerprint density at radius 2 is 1.88 bits per heavy atom. The van der Waals surface area contributed by atoms with Crippen LogP contribution in [0.2, 0.25) is 0 Å². The predicted molar refractivity (Wildman–Crippen MR) is 95.6 cm³/mol. The maximum absolute atomic E-state index is 12.9. The Morgan fingerprint density at radius 1 is 1.23 bits per heavy atom. The first-order valence-electron chi connectivity index (χ1n) is 9.02. The summed E-state index contributed by atoms with van der Waals surface area (Å²) in [7, 11) is 1.56. The number of carbonyl (C=O) groups is 3. The van der Waals surface area contributed by atoms with Crippen LogP contribution in [0.5, 0.6) is 5.75 Å². The van der Waals surface area contributed by atoms with E-state index in [0.29, 0.717) is 11.3 Å². The highest BCUT2D eigenvalue weighted by Crippen LogP contribution is 2.30. The molecule has 7 nitrogen and oxygen atoms in total. The topological polar surface area (TPSA) is 87.7 Å². The number of methoxy groups -OCH3 is 1. The highest BCUT2D eigenvalue weighted by molar-refractivity contribution is 6.09. The van der Waals surface area contributed by atoms with E-state index in [1.165, 1.54) is 6.42 Å². The largest absolute Gasteiger partial charge is 0.497 e. The smallest absolute Gasteiger partial charge is 0.325 e. The molecule has 2 N–H and O–H groups in total. The van der Waals surface area contributed by atoms with Gasteiger partial charge < -0.3 is 15.4 Å². The summed E-state index contributed by atoms with van der Waals surface area (Å²) in [5, 5.41) is 5.65. The van der Waals surface area contributed by atoms with Crippen LogP contribution in [0.25, 0.3) is 0 Å². The van der Waals surface area contributed by atoms with Gasteiger partial charge in [0, 0.05) is 6.04 Å². The van der Waals surface area contributed by atoms with E-state index in [2.05, 4.69) is 10.6 Å². The standard InChI is InChI=1S/C19H25N3O4/c1-19(13-8-10-15(26-2)11-9-13)17(24)22(18(25)21-19)12-16(23)20-14-6-4-3-5-7-14/h8-11,14H,3-7,12H2,1-2H3,(H,20,23)(H,21,25)/t19-/m0/s1. The second-order valence-corrected chi connectivity index (χ2v) is 7.08. The number of rotatable bonds is 5. The molecule has 0 bridgehead atoms. The van der Waals surface area contributed by atoms with E-state index in [9.17, 15) is 14.4 Å². The fourth-order valence-corrected chi connectivity index (χ4v) is 3.62. The molecule has 0 aromatic heterocycles. The van der Waals surface area contributed by atoms with Gasteiger partial charge in [0.1, 0.15) is 17.8 Å². The molecule has 26 heavy (non-hydrogen) atoms. The Labute approximate surface area is 153 Å². The average molecular weight is 359 g/mol. The summed E-state index contributed by atoms with van der Waals surface area (Å²) < 4.78 is 5.12. The third kappa shape index (κ3) is 3.52. The number of imide groups is 1. The summed E-state index contributed by atoms with van der Waals surface area (Å²) in [6, 6.07) is 6.54. The first kappa shape index (κ1) is 18.2. The van der Waals surface area contributed by atoms with Gasteiger partial charge in [-0.25, -0.2) is 4.79 Å². The van der Waals surface area contributed by atoms with Gasteiger partial charge in [-0.2, -0.15) is 0 Å². The zero-order chi connectivity index (χ0) is 18.7. The predicted octanol–water partition coefficient (Wildman–Crippen LogP) is 1.91. The lowest BCUT2D eigenvalue weighted by atomic mass is 9.92. The van der Waals surface area contributed by atoms with Crippen LogP contribution in [-0.2, 0) is 15.1 Å². The first-order valence-corrected chi connectivity index (χ1v) is 9.02. The van der Waals surface area contributed by atoms with E-state index >= 15 is 0 Å². The zero-order valence-corrected chi connectivity index (χ0v) is 15.2. The summed E-state index contributed by atoms with van der Waals surface area (Å²) in [6.07, 6.45) is 5.30. The van der Waals surface area contributed by atoms with Gasteiger partial charge in [0.2, 0.25) is 5.91 Å². The lowest BCUT2D eigenvalue weighted by molar-refractivity contribution is -0.135. The van der Waals surface area contributed by atoms with Crippen LogP contribution in [0.1, 0.15) is 44.6 Å². The maximum atomic E-state index is 12.9. The lowest BCUT2D eigenvalue weighted by Crippen LogP contribution is -2.45. The quantitative estimate of drug-likeness (QED) is 0.786. The van der Waals surface area contributed by atoms with Gasteiger partial charge in [-0.3, -0.25) is 14.5 Å². The second-order valence-electron chi connectivity index (χ2n) is 7.08. The fraction of sp³-hybridized carbons (Fsp3) is 0.526. The van der Waals surface area contributed by atoms with Crippen molar-refractivity contribution in [2.45, 2.75) is 50.6 Å². The molecule has 1 heterocycles. The van der Waals surface area contributed by atoms with Crippen molar-refractivity contribution in [2.24, 2.45) is 0 Å². The highest BCUT2D eigenvalue weighted by Gasteiger charge is 2.49. The normalized spacial score (nSPS) is 23.7. The molecule has 2 aliphatic rings. The van der Waals surface area contributed by atoms with Crippen molar-refractivity contribution in [3.8, 4) is 5.75 Å². The van der Waals surface area contributed by atoms with E-state index < -0.39 is 17.5 Å². The number of nitrogens with one attached hydrogen (secondary N) is 2. The number of nitrogens with zero attached hydrogens (tertiary/aromatic N) is 1. The third-order valence-corrected chi connectivity index (χ3v) is 5.21. The van der Waals surface area contributed by atoms with Gasteiger partial charge in [-0.1, -0.05) is 31.4 Å². The molecule has 1 saturated heterocycles. The number of urea groups is 1. The number of carbonyl (C=O) groups excluding carboxylic acids is 3. The van der Waals surface area contributed by atoms with Gasteiger partial charge in [0.25, 0.3) is 5.91 Å². The molecule has 3 rings (SSSR count). The maximum Gasteiger partial charge on any atom is 0.325 e. The van der Waals surface area contributed by atoms with Crippen molar-refractivity contribution in [3.05, 3.63) is 29.8 Å². The molecular weight excluding hydrogens is 334 g/mol. The second kappa shape index (κ2) is 7.35. The highest BCUT2D eigenvalue weighted by atomic mass is 16.5. The molecule has 1 aliphatic carbocycles. The van der Waals surface area contributed by atoms with E-state index in [4.69, 9.17) is 4.74 Å². The Morgan fingerprint density at radius 3 is 2.50 bits per heavy atom. The van der Waals surface area contributed by atoms with Crippen LogP contribution in [0.4, 0.5) is 4.79 Å². The van der Waals surface area contributed by atoms with Gasteiger partial charge in [0.05, 0.1) is 7.11 Å². The molecule has 4 amide bonds. The monoisotopic (exact) mass is 359 g/mol. The fourth-order valence-electron chi connectivity index (χ4n) is 3.62. The van der Waals surface area contributed by atoms with Gasteiger partial charge in [-0.15, -0.1) is 0 Å². The van der Waals surface area contributed by atoms with E-state index in [0.717, 1.165) is 30.6 Å². The molecule has 0 unspecified atom stereocenters. The molecule has 1 atom stereocenters. The summed E-state index contributed by atoms with van der Waals surface area (Å²) in [5.41, 5.74) is -0.541. The SMILES string of the molecule is COc1ccc([C@]2(C)NC(=O)N(CC(=O)NC3CCCCC3)C2=O)cc1. The Hall–Kier alpha value is -2.57. The molecule has 140 valence electrons. The molecule has 0 radical (unpaired) electrons. The van der Waals surface area contributed by atoms with Crippen molar-refractivity contribution >= 4 is 17.8 Å². The van der Waals surface area contributed by atoms with Crippen LogP contribution in [-0.4, -0.2) is 42.4 Å². The van der Waals surface area contributed by atoms with Crippen molar-refractivity contribution in [1.82, 2.24) is 15.5 Å². The van der Waals surface area contributed by atoms with Crippen LogP contribution < -0.4 is 15.4 Å². The Kier molecular flexibility index (Phi) is 5.15. The zero-order valence-electron chi connectivity index (χ0n) is 15.2. The summed E-state index contributed by atoms with van der Waals surface area (Å²) in [5.74, 6) is -0.0521. The number of benzene rings is 1. The van der Waals surface area contributed by atoms with Crippen LogP contribution in [0.3, 0.4) is 0 Å². The Balaban J connectivity index is 1.68. The Bertz CT molecular complexity index is 697. The molecule has 1 saturated carbocycles. The van der Waals surface area contributed by atoms with Crippen molar-refractivity contribution in [3.63, 3.8) is 0 Å². The van der Waals surface area contributed by atoms with Crippen molar-refractivity contribution in [1.29, 1.82) is 0 Å². The van der Waals surface area contributed by atoms with E-state index in [1.807, 2.05) is 0 Å². The first-order chi connectivity index (χ1) is 12.4. The third-order valence-electron chi connectivity index (χ3n) is 5.21.